The minimum absolute atomic E-state index is 0.493. The van der Waals surface area contributed by atoms with E-state index >= 15 is 0 Å². The quantitative estimate of drug-likeness (QED) is 0.777. The molecule has 0 aliphatic rings. The highest BCUT2D eigenvalue weighted by Crippen LogP contribution is 2.22. The lowest BCUT2D eigenvalue weighted by molar-refractivity contribution is 0.0114. The maximum absolute atomic E-state index is 5.77. The number of rotatable bonds is 2. The lowest BCUT2D eigenvalue weighted by Crippen LogP contribution is -2.24. The van der Waals surface area contributed by atoms with E-state index in [4.69, 9.17) is 10.5 Å². The lowest BCUT2D eigenvalue weighted by atomic mass is 10.1. The van der Waals surface area contributed by atoms with Gasteiger partial charge in [0.05, 0.1) is 0 Å². The monoisotopic (exact) mass is 195 g/mol. The van der Waals surface area contributed by atoms with Crippen molar-refractivity contribution in [2.24, 2.45) is 0 Å². The van der Waals surface area contributed by atoms with Crippen LogP contribution in [0.5, 0.6) is 0 Å². The number of nitrogens with zero attached hydrogens (tertiary/aromatic N) is 2. The van der Waals surface area contributed by atoms with Crippen LogP contribution in [0.4, 0.5) is 5.82 Å². The first-order valence-corrected chi connectivity index (χ1v) is 4.55. The molecule has 1 rings (SSSR count). The summed E-state index contributed by atoms with van der Waals surface area (Å²) in [6, 6.07) is 0. The zero-order chi connectivity index (χ0) is 10.9. The fraction of sp³-hybridized carbons (Fsp3) is 0.600. The third-order valence-electron chi connectivity index (χ3n) is 2.48. The van der Waals surface area contributed by atoms with E-state index < -0.39 is 5.60 Å². The zero-order valence-electron chi connectivity index (χ0n) is 9.38. The number of aromatic nitrogens is 2. The number of nitrogen functional groups attached to an aromatic ring is 1. The summed E-state index contributed by atoms with van der Waals surface area (Å²) in [6.07, 6.45) is 0. The van der Waals surface area contributed by atoms with Crippen LogP contribution in [0.3, 0.4) is 0 Å². The normalized spacial score (nSPS) is 11.8. The molecule has 14 heavy (non-hydrogen) atoms. The van der Waals surface area contributed by atoms with Gasteiger partial charge >= 0.3 is 0 Å². The van der Waals surface area contributed by atoms with Gasteiger partial charge in [0, 0.05) is 18.4 Å². The first-order valence-electron chi connectivity index (χ1n) is 4.55. The molecule has 0 saturated heterocycles. The summed E-state index contributed by atoms with van der Waals surface area (Å²) in [5.74, 6) is 1.15. The van der Waals surface area contributed by atoms with E-state index in [1.165, 1.54) is 0 Å². The van der Waals surface area contributed by atoms with Gasteiger partial charge < -0.3 is 10.5 Å². The topological polar surface area (TPSA) is 61.0 Å². The average Bonchev–Trinajstić information content (AvgIpc) is 2.13. The molecule has 0 saturated carbocycles. The Balaban J connectivity index is 3.26. The van der Waals surface area contributed by atoms with E-state index in [9.17, 15) is 0 Å². The third-order valence-corrected chi connectivity index (χ3v) is 2.48. The molecule has 4 heteroatoms. The fourth-order valence-corrected chi connectivity index (χ4v) is 1.01. The molecule has 78 valence electrons. The summed E-state index contributed by atoms with van der Waals surface area (Å²) in [5, 5.41) is 0. The van der Waals surface area contributed by atoms with Crippen molar-refractivity contribution in [1.82, 2.24) is 9.97 Å². The Bertz CT molecular complexity index is 324. The van der Waals surface area contributed by atoms with Gasteiger partial charge in [0.1, 0.15) is 11.4 Å². The fourth-order valence-electron chi connectivity index (χ4n) is 1.01. The number of aryl methyl sites for hydroxylation is 1. The third kappa shape index (κ3) is 1.85. The molecule has 1 aromatic heterocycles. The van der Waals surface area contributed by atoms with E-state index in [0.29, 0.717) is 11.6 Å². The average molecular weight is 195 g/mol. The molecule has 0 atom stereocenters. The van der Waals surface area contributed by atoms with Crippen LogP contribution in [-0.4, -0.2) is 17.1 Å². The van der Waals surface area contributed by atoms with Gasteiger partial charge in [-0.1, -0.05) is 0 Å². The summed E-state index contributed by atoms with van der Waals surface area (Å²) in [4.78, 5) is 8.58. The Hall–Kier alpha value is -1.16. The molecule has 1 heterocycles. The Morgan fingerprint density at radius 1 is 1.21 bits per heavy atom. The smallest absolute Gasteiger partial charge is 0.162 e. The van der Waals surface area contributed by atoms with Crippen LogP contribution in [0.1, 0.15) is 30.9 Å². The molecule has 0 aliphatic heterocycles. The van der Waals surface area contributed by atoms with Gasteiger partial charge in [-0.15, -0.1) is 0 Å². The van der Waals surface area contributed by atoms with Crippen LogP contribution in [0, 0.1) is 13.8 Å². The highest BCUT2D eigenvalue weighted by Gasteiger charge is 2.24. The van der Waals surface area contributed by atoms with Crippen LogP contribution in [0.2, 0.25) is 0 Å². The second kappa shape index (κ2) is 3.53. The predicted molar refractivity (Wildman–Crippen MR) is 56.0 cm³/mol. The first-order chi connectivity index (χ1) is 6.38. The Kier molecular flexibility index (Phi) is 2.76. The summed E-state index contributed by atoms with van der Waals surface area (Å²) >= 11 is 0. The number of ether oxygens (including phenoxy) is 1. The molecular formula is C10H17N3O. The van der Waals surface area contributed by atoms with Gasteiger partial charge in [-0.3, -0.25) is 0 Å². The molecule has 0 aromatic carbocycles. The molecule has 0 unspecified atom stereocenters. The molecule has 0 fully saturated rings. The minimum atomic E-state index is -0.493. The summed E-state index contributed by atoms with van der Waals surface area (Å²) in [5.41, 5.74) is 7.10. The van der Waals surface area contributed by atoms with E-state index in [1.807, 2.05) is 27.7 Å². The van der Waals surface area contributed by atoms with Gasteiger partial charge in [0.25, 0.3) is 0 Å². The molecule has 0 aliphatic carbocycles. The van der Waals surface area contributed by atoms with Crippen LogP contribution in [0.15, 0.2) is 0 Å². The van der Waals surface area contributed by atoms with Gasteiger partial charge in [0.2, 0.25) is 0 Å². The van der Waals surface area contributed by atoms with Crippen molar-refractivity contribution in [3.63, 3.8) is 0 Å². The van der Waals surface area contributed by atoms with Gasteiger partial charge in [-0.2, -0.15) is 0 Å². The number of nitrogens with two attached hydrogens (primary N) is 1. The van der Waals surface area contributed by atoms with Crippen LogP contribution in [0.25, 0.3) is 0 Å². The molecular weight excluding hydrogens is 178 g/mol. The van der Waals surface area contributed by atoms with Crippen molar-refractivity contribution in [2.45, 2.75) is 33.3 Å². The molecule has 2 N–H and O–H groups in total. The van der Waals surface area contributed by atoms with Crippen LogP contribution in [-0.2, 0) is 10.3 Å². The van der Waals surface area contributed by atoms with Crippen molar-refractivity contribution in [3.8, 4) is 0 Å². The SMILES string of the molecule is COC(C)(C)c1nc(C)c(C)c(N)n1. The van der Waals surface area contributed by atoms with E-state index in [0.717, 1.165) is 11.3 Å². The summed E-state index contributed by atoms with van der Waals surface area (Å²) in [6.45, 7) is 7.66. The van der Waals surface area contributed by atoms with E-state index in [-0.39, 0.29) is 0 Å². The van der Waals surface area contributed by atoms with Crippen molar-refractivity contribution in [1.29, 1.82) is 0 Å². The van der Waals surface area contributed by atoms with Gasteiger partial charge in [-0.25, -0.2) is 9.97 Å². The number of anilines is 1. The zero-order valence-corrected chi connectivity index (χ0v) is 9.38. The van der Waals surface area contributed by atoms with Crippen molar-refractivity contribution in [2.75, 3.05) is 12.8 Å². The highest BCUT2D eigenvalue weighted by atomic mass is 16.5. The largest absolute Gasteiger partial charge is 0.383 e. The molecule has 1 aromatic rings. The minimum Gasteiger partial charge on any atom is -0.383 e. The summed E-state index contributed by atoms with van der Waals surface area (Å²) < 4.78 is 5.29. The Morgan fingerprint density at radius 3 is 2.21 bits per heavy atom. The molecule has 4 nitrogen and oxygen atoms in total. The standard InChI is InChI=1S/C10H17N3O/c1-6-7(2)12-9(13-8(6)11)10(3,4)14-5/h1-5H3,(H2,11,12,13). The maximum Gasteiger partial charge on any atom is 0.162 e. The number of hydrogen-bond donors (Lipinski definition) is 1. The second-order valence-electron chi connectivity index (χ2n) is 3.86. The maximum atomic E-state index is 5.77. The molecule has 0 spiro atoms. The number of methoxy groups -OCH3 is 1. The van der Waals surface area contributed by atoms with Crippen LogP contribution >= 0.6 is 0 Å². The highest BCUT2D eigenvalue weighted by molar-refractivity contribution is 5.41. The second-order valence-corrected chi connectivity index (χ2v) is 3.86. The molecule has 0 bridgehead atoms. The van der Waals surface area contributed by atoms with E-state index in [2.05, 4.69) is 9.97 Å². The molecule has 0 amide bonds. The number of hydrogen-bond acceptors (Lipinski definition) is 4. The van der Waals surface area contributed by atoms with Gasteiger partial charge in [0.15, 0.2) is 5.82 Å². The van der Waals surface area contributed by atoms with Crippen molar-refractivity contribution in [3.05, 3.63) is 17.1 Å². The Labute approximate surface area is 84.5 Å². The Morgan fingerprint density at radius 2 is 1.79 bits per heavy atom. The van der Waals surface area contributed by atoms with Crippen molar-refractivity contribution < 1.29 is 4.74 Å². The van der Waals surface area contributed by atoms with Crippen molar-refractivity contribution >= 4 is 5.82 Å². The van der Waals surface area contributed by atoms with Gasteiger partial charge in [-0.05, 0) is 27.7 Å². The molecule has 0 radical (unpaired) electrons. The first kappa shape index (κ1) is 10.9. The van der Waals surface area contributed by atoms with Crippen LogP contribution < -0.4 is 5.73 Å². The predicted octanol–water partition coefficient (Wildman–Crippen LogP) is 1.56. The lowest BCUT2D eigenvalue weighted by Gasteiger charge is -2.22. The van der Waals surface area contributed by atoms with E-state index in [1.54, 1.807) is 7.11 Å². The summed E-state index contributed by atoms with van der Waals surface area (Å²) in [7, 11) is 1.63.